The number of aliphatic hydroxyl groups is 2. The van der Waals surface area contributed by atoms with Crippen LogP contribution in [0.1, 0.15) is 29.5 Å². The van der Waals surface area contributed by atoms with E-state index in [1.54, 1.807) is 7.11 Å². The Balaban J connectivity index is 1.31. The summed E-state index contributed by atoms with van der Waals surface area (Å²) in [6.07, 6.45) is 1.17. The van der Waals surface area contributed by atoms with Crippen LogP contribution in [0.5, 0.6) is 5.75 Å². The Labute approximate surface area is 202 Å². The van der Waals surface area contributed by atoms with Gasteiger partial charge in [-0.15, -0.1) is 0 Å². The first-order valence-corrected chi connectivity index (χ1v) is 12.0. The van der Waals surface area contributed by atoms with Crippen LogP contribution < -0.4 is 4.74 Å². The number of likely N-dealkylation sites (tertiary alicyclic amines) is 1. The SMILES string of the molecule is COc1cccc(COC[C@@H](O)CN2CCC(C(O)(c3ccccc3)c3ccccc3)CC2)c1. The third-order valence-corrected chi connectivity index (χ3v) is 6.79. The van der Waals surface area contributed by atoms with Gasteiger partial charge in [0.15, 0.2) is 0 Å². The zero-order valence-electron chi connectivity index (χ0n) is 19.8. The summed E-state index contributed by atoms with van der Waals surface area (Å²) in [4.78, 5) is 2.27. The fourth-order valence-electron chi connectivity index (χ4n) is 4.98. The van der Waals surface area contributed by atoms with Gasteiger partial charge < -0.3 is 24.6 Å². The molecule has 1 saturated heterocycles. The smallest absolute Gasteiger partial charge is 0.119 e. The summed E-state index contributed by atoms with van der Waals surface area (Å²) < 4.78 is 11.0. The fraction of sp³-hybridized carbons (Fsp3) is 0.379. The summed E-state index contributed by atoms with van der Waals surface area (Å²) in [6, 6.07) is 27.7. The van der Waals surface area contributed by atoms with Crippen molar-refractivity contribution in [1.29, 1.82) is 0 Å². The average Bonchev–Trinajstić information content (AvgIpc) is 2.90. The highest BCUT2D eigenvalue weighted by atomic mass is 16.5. The van der Waals surface area contributed by atoms with Gasteiger partial charge in [0.2, 0.25) is 0 Å². The fourth-order valence-corrected chi connectivity index (χ4v) is 4.98. The lowest BCUT2D eigenvalue weighted by molar-refractivity contribution is -0.0294. The lowest BCUT2D eigenvalue weighted by atomic mass is 9.72. The Bertz CT molecular complexity index is 963. The predicted molar refractivity (Wildman–Crippen MR) is 134 cm³/mol. The molecule has 3 aromatic carbocycles. The Hall–Kier alpha value is -2.70. The second-order valence-electron chi connectivity index (χ2n) is 9.09. The molecule has 0 saturated carbocycles. The molecule has 0 bridgehead atoms. The van der Waals surface area contributed by atoms with E-state index in [1.807, 2.05) is 84.9 Å². The number of nitrogens with zero attached hydrogens (tertiary/aromatic N) is 1. The van der Waals surface area contributed by atoms with Gasteiger partial charge in [-0.25, -0.2) is 0 Å². The zero-order chi connectivity index (χ0) is 23.8. The standard InChI is InChI=1S/C29H35NO4/c1-33-28-14-8-9-23(19-28)21-34-22-27(31)20-30-17-15-26(16-18-30)29(32,24-10-4-2-5-11-24)25-12-6-3-7-13-25/h2-14,19,26-27,31-32H,15-18,20-22H2,1H3/t27-/m0/s1. The van der Waals surface area contributed by atoms with Crippen molar-refractivity contribution in [2.75, 3.05) is 33.4 Å². The van der Waals surface area contributed by atoms with Gasteiger partial charge in [-0.3, -0.25) is 0 Å². The van der Waals surface area contributed by atoms with E-state index in [2.05, 4.69) is 4.90 Å². The lowest BCUT2D eigenvalue weighted by Gasteiger charge is -2.42. The van der Waals surface area contributed by atoms with Crippen LogP contribution in [0.3, 0.4) is 0 Å². The molecular weight excluding hydrogens is 426 g/mol. The van der Waals surface area contributed by atoms with Gasteiger partial charge in [0.25, 0.3) is 0 Å². The van der Waals surface area contributed by atoms with E-state index in [-0.39, 0.29) is 12.5 Å². The van der Waals surface area contributed by atoms with Crippen molar-refractivity contribution in [3.05, 3.63) is 102 Å². The minimum absolute atomic E-state index is 0.106. The molecule has 0 aliphatic carbocycles. The quantitative estimate of drug-likeness (QED) is 0.473. The Morgan fingerprint density at radius 3 is 2.12 bits per heavy atom. The molecule has 0 radical (unpaired) electrons. The Kier molecular flexibility index (Phi) is 8.35. The summed E-state index contributed by atoms with van der Waals surface area (Å²) >= 11 is 0. The van der Waals surface area contributed by atoms with Crippen molar-refractivity contribution < 1.29 is 19.7 Å². The summed E-state index contributed by atoms with van der Waals surface area (Å²) in [5, 5.41) is 22.5. The van der Waals surface area contributed by atoms with Gasteiger partial charge in [0, 0.05) is 6.54 Å². The van der Waals surface area contributed by atoms with Crippen LogP contribution in [0.2, 0.25) is 0 Å². The van der Waals surface area contributed by atoms with E-state index in [9.17, 15) is 10.2 Å². The van der Waals surface area contributed by atoms with Crippen molar-refractivity contribution in [3.8, 4) is 5.75 Å². The molecule has 1 aliphatic heterocycles. The van der Waals surface area contributed by atoms with E-state index >= 15 is 0 Å². The van der Waals surface area contributed by atoms with Crippen LogP contribution in [0.25, 0.3) is 0 Å². The van der Waals surface area contributed by atoms with E-state index in [0.29, 0.717) is 13.2 Å². The highest BCUT2D eigenvalue weighted by Gasteiger charge is 2.41. The summed E-state index contributed by atoms with van der Waals surface area (Å²) in [5.41, 5.74) is 1.87. The number of ether oxygens (including phenoxy) is 2. The molecule has 4 rings (SSSR count). The molecule has 1 atom stereocenters. The largest absolute Gasteiger partial charge is 0.497 e. The molecule has 180 valence electrons. The van der Waals surface area contributed by atoms with Crippen LogP contribution in [-0.2, 0) is 16.9 Å². The monoisotopic (exact) mass is 461 g/mol. The van der Waals surface area contributed by atoms with Gasteiger partial charge in [0.05, 0.1) is 26.4 Å². The molecule has 0 amide bonds. The summed E-state index contributed by atoms with van der Waals surface area (Å²) in [6.45, 7) is 2.96. The van der Waals surface area contributed by atoms with E-state index < -0.39 is 11.7 Å². The van der Waals surface area contributed by atoms with Gasteiger partial charge in [-0.05, 0) is 60.7 Å². The number of aliphatic hydroxyl groups excluding tert-OH is 1. The maximum Gasteiger partial charge on any atom is 0.119 e. The van der Waals surface area contributed by atoms with Crippen molar-refractivity contribution in [1.82, 2.24) is 4.90 Å². The lowest BCUT2D eigenvalue weighted by Crippen LogP contribution is -2.46. The van der Waals surface area contributed by atoms with Gasteiger partial charge in [-0.2, -0.15) is 0 Å². The topological polar surface area (TPSA) is 62.2 Å². The first kappa shape index (κ1) is 24.4. The maximum absolute atomic E-state index is 12.0. The van der Waals surface area contributed by atoms with E-state index in [0.717, 1.165) is 48.4 Å². The molecule has 5 nitrogen and oxygen atoms in total. The maximum atomic E-state index is 12.0. The minimum atomic E-state index is -1.02. The Morgan fingerprint density at radius 2 is 1.53 bits per heavy atom. The molecule has 1 aliphatic rings. The summed E-state index contributed by atoms with van der Waals surface area (Å²) in [7, 11) is 1.65. The van der Waals surface area contributed by atoms with Gasteiger partial charge in [-0.1, -0.05) is 72.8 Å². The molecule has 1 heterocycles. The van der Waals surface area contributed by atoms with Gasteiger partial charge in [0.1, 0.15) is 11.4 Å². The molecule has 2 N–H and O–H groups in total. The number of hydrogen-bond donors (Lipinski definition) is 2. The number of benzene rings is 3. The number of rotatable bonds is 10. The van der Waals surface area contributed by atoms with Crippen LogP contribution in [0.4, 0.5) is 0 Å². The van der Waals surface area contributed by atoms with Crippen molar-refractivity contribution in [2.45, 2.75) is 31.2 Å². The van der Waals surface area contributed by atoms with Gasteiger partial charge >= 0.3 is 0 Å². The van der Waals surface area contributed by atoms with E-state index in [1.165, 1.54) is 0 Å². The Morgan fingerprint density at radius 1 is 0.912 bits per heavy atom. The zero-order valence-corrected chi connectivity index (χ0v) is 19.8. The molecule has 5 heteroatoms. The van der Waals surface area contributed by atoms with Crippen LogP contribution in [0.15, 0.2) is 84.9 Å². The van der Waals surface area contributed by atoms with Crippen LogP contribution in [0, 0.1) is 5.92 Å². The molecule has 3 aromatic rings. The molecule has 0 aromatic heterocycles. The van der Waals surface area contributed by atoms with Crippen molar-refractivity contribution in [2.24, 2.45) is 5.92 Å². The normalized spacial score (nSPS) is 16.3. The average molecular weight is 462 g/mol. The summed E-state index contributed by atoms with van der Waals surface area (Å²) in [5.74, 6) is 0.908. The number of hydrogen-bond acceptors (Lipinski definition) is 5. The second-order valence-corrected chi connectivity index (χ2v) is 9.09. The number of β-amino-alcohol motifs (C(OH)–C–C–N with tert-alkyl or cyclic N) is 1. The van der Waals surface area contributed by atoms with Crippen molar-refractivity contribution >= 4 is 0 Å². The van der Waals surface area contributed by atoms with E-state index in [4.69, 9.17) is 9.47 Å². The van der Waals surface area contributed by atoms with Crippen LogP contribution >= 0.6 is 0 Å². The predicted octanol–water partition coefficient (Wildman–Crippen LogP) is 4.22. The molecular formula is C29H35NO4. The first-order chi connectivity index (χ1) is 16.6. The van der Waals surface area contributed by atoms with Crippen LogP contribution in [-0.4, -0.2) is 54.6 Å². The minimum Gasteiger partial charge on any atom is -0.497 e. The number of piperidine rings is 1. The highest BCUT2D eigenvalue weighted by Crippen LogP contribution is 2.41. The molecule has 0 unspecified atom stereocenters. The second kappa shape index (κ2) is 11.6. The molecule has 34 heavy (non-hydrogen) atoms. The number of methoxy groups -OCH3 is 1. The third kappa shape index (κ3) is 5.86. The third-order valence-electron chi connectivity index (χ3n) is 6.79. The molecule has 1 fully saturated rings. The first-order valence-electron chi connectivity index (χ1n) is 12.0. The highest BCUT2D eigenvalue weighted by molar-refractivity contribution is 5.37. The molecule has 0 spiro atoms. The van der Waals surface area contributed by atoms with Crippen molar-refractivity contribution in [3.63, 3.8) is 0 Å².